The summed E-state index contributed by atoms with van der Waals surface area (Å²) in [6.45, 7) is 15.0. The minimum Gasteiger partial charge on any atom is -0.475 e. The molecule has 29 heavy (non-hydrogen) atoms. The summed E-state index contributed by atoms with van der Waals surface area (Å²) in [6, 6.07) is 9.48. The molecule has 0 fully saturated rings. The zero-order valence-corrected chi connectivity index (χ0v) is 18.4. The number of benzene rings is 1. The number of rotatable bonds is 9. The van der Waals surface area contributed by atoms with Crippen molar-refractivity contribution in [1.29, 1.82) is 0 Å². The zero-order chi connectivity index (χ0) is 21.4. The first kappa shape index (κ1) is 22.7. The lowest BCUT2D eigenvalue weighted by Crippen LogP contribution is -2.22. The Morgan fingerprint density at radius 1 is 1.10 bits per heavy atom. The maximum absolute atomic E-state index is 12.6. The fourth-order valence-electron chi connectivity index (χ4n) is 2.86. The summed E-state index contributed by atoms with van der Waals surface area (Å²) in [5, 5.41) is 2.96. The highest BCUT2D eigenvalue weighted by Crippen LogP contribution is 2.23. The molecular weight excluding hydrogens is 366 g/mol. The van der Waals surface area contributed by atoms with E-state index in [-0.39, 0.29) is 11.5 Å². The average Bonchev–Trinajstić information content (AvgIpc) is 2.68. The number of pyridine rings is 1. The van der Waals surface area contributed by atoms with Crippen LogP contribution in [0.5, 0.6) is 5.88 Å². The van der Waals surface area contributed by atoms with Gasteiger partial charge in [0.2, 0.25) is 5.88 Å². The normalized spacial score (nSPS) is 11.2. The Bertz CT molecular complexity index is 794. The van der Waals surface area contributed by atoms with Crippen LogP contribution in [0.15, 0.2) is 36.5 Å². The van der Waals surface area contributed by atoms with Gasteiger partial charge in [-0.15, -0.1) is 0 Å². The Labute approximate surface area is 174 Å². The lowest BCUT2D eigenvalue weighted by Gasteiger charge is -2.22. The van der Waals surface area contributed by atoms with Crippen molar-refractivity contribution in [1.82, 2.24) is 4.98 Å². The third-order valence-corrected chi connectivity index (χ3v) is 4.45. The quantitative estimate of drug-likeness (QED) is 0.620. The van der Waals surface area contributed by atoms with Gasteiger partial charge in [0.1, 0.15) is 6.61 Å². The van der Waals surface area contributed by atoms with Gasteiger partial charge in [-0.1, -0.05) is 0 Å². The number of nitrogens with zero attached hydrogens (tertiary/aromatic N) is 2. The Kier molecular flexibility index (Phi) is 8.02. The molecule has 158 valence electrons. The summed E-state index contributed by atoms with van der Waals surface area (Å²) in [7, 11) is 0. The molecule has 2 aromatic rings. The topological polar surface area (TPSA) is 63.7 Å². The van der Waals surface area contributed by atoms with Crippen molar-refractivity contribution in [2.75, 3.05) is 36.5 Å². The van der Waals surface area contributed by atoms with E-state index in [2.05, 4.69) is 35.1 Å². The predicted molar refractivity (Wildman–Crippen MR) is 118 cm³/mol. The summed E-state index contributed by atoms with van der Waals surface area (Å²) >= 11 is 0. The van der Waals surface area contributed by atoms with Gasteiger partial charge in [-0.3, -0.25) is 4.79 Å². The highest BCUT2D eigenvalue weighted by atomic mass is 16.5. The molecule has 0 saturated heterocycles. The number of carbonyl (C=O) groups is 1. The van der Waals surface area contributed by atoms with Crippen LogP contribution in [0, 0.1) is 6.92 Å². The number of hydrogen-bond donors (Lipinski definition) is 1. The third-order valence-electron chi connectivity index (χ3n) is 4.45. The number of nitrogens with one attached hydrogen (secondary N) is 1. The van der Waals surface area contributed by atoms with Gasteiger partial charge in [-0.25, -0.2) is 4.98 Å². The molecule has 0 aliphatic carbocycles. The molecule has 0 spiro atoms. The van der Waals surface area contributed by atoms with E-state index in [9.17, 15) is 4.79 Å². The number of amides is 1. The van der Waals surface area contributed by atoms with Gasteiger partial charge in [0, 0.05) is 36.7 Å². The summed E-state index contributed by atoms with van der Waals surface area (Å²) in [5.74, 6) is 0.276. The number of anilines is 2. The molecule has 6 nitrogen and oxygen atoms in total. The van der Waals surface area contributed by atoms with Gasteiger partial charge in [-0.2, -0.15) is 0 Å². The number of aryl methyl sites for hydroxylation is 1. The van der Waals surface area contributed by atoms with Crippen LogP contribution in [-0.2, 0) is 4.74 Å². The first-order valence-corrected chi connectivity index (χ1v) is 10.1. The fraction of sp³-hybridized carbons (Fsp3) is 0.478. The van der Waals surface area contributed by atoms with Crippen LogP contribution >= 0.6 is 0 Å². The van der Waals surface area contributed by atoms with Gasteiger partial charge < -0.3 is 19.7 Å². The molecule has 2 rings (SSSR count). The van der Waals surface area contributed by atoms with E-state index < -0.39 is 0 Å². The van der Waals surface area contributed by atoms with E-state index in [4.69, 9.17) is 9.47 Å². The second-order valence-corrected chi connectivity index (χ2v) is 7.82. The van der Waals surface area contributed by atoms with Crippen molar-refractivity contribution < 1.29 is 14.3 Å². The van der Waals surface area contributed by atoms with Crippen molar-refractivity contribution in [2.24, 2.45) is 0 Å². The number of hydrogen-bond acceptors (Lipinski definition) is 5. The van der Waals surface area contributed by atoms with Crippen molar-refractivity contribution in [3.63, 3.8) is 0 Å². The van der Waals surface area contributed by atoms with Crippen molar-refractivity contribution in [3.05, 3.63) is 47.7 Å². The number of carbonyl (C=O) groups excluding carboxylic acids is 1. The van der Waals surface area contributed by atoms with Crippen LogP contribution in [0.3, 0.4) is 0 Å². The molecule has 1 aromatic heterocycles. The minimum atomic E-state index is -0.196. The zero-order valence-electron chi connectivity index (χ0n) is 18.4. The van der Waals surface area contributed by atoms with Crippen LogP contribution in [0.25, 0.3) is 0 Å². The minimum absolute atomic E-state index is 0.194. The summed E-state index contributed by atoms with van der Waals surface area (Å²) in [5.41, 5.74) is 3.26. The van der Waals surface area contributed by atoms with Crippen LogP contribution in [0.2, 0.25) is 0 Å². The molecular formula is C23H33N3O3. The molecule has 1 aromatic carbocycles. The van der Waals surface area contributed by atoms with Gasteiger partial charge in [0.25, 0.3) is 5.91 Å². The number of ether oxygens (including phenoxy) is 2. The Morgan fingerprint density at radius 2 is 1.83 bits per heavy atom. The molecule has 0 aliphatic heterocycles. The van der Waals surface area contributed by atoms with Crippen molar-refractivity contribution in [2.45, 2.75) is 47.1 Å². The van der Waals surface area contributed by atoms with Crippen LogP contribution in [0.1, 0.15) is 50.5 Å². The highest BCUT2D eigenvalue weighted by Gasteiger charge is 2.12. The van der Waals surface area contributed by atoms with Gasteiger partial charge in [0.15, 0.2) is 0 Å². The van der Waals surface area contributed by atoms with E-state index in [0.29, 0.717) is 24.7 Å². The van der Waals surface area contributed by atoms with Gasteiger partial charge >= 0.3 is 0 Å². The molecule has 0 saturated carbocycles. The lowest BCUT2D eigenvalue weighted by molar-refractivity contribution is -0.0168. The summed E-state index contributed by atoms with van der Waals surface area (Å²) in [6.07, 6.45) is 1.52. The Morgan fingerprint density at radius 3 is 2.38 bits per heavy atom. The summed E-state index contributed by atoms with van der Waals surface area (Å²) in [4.78, 5) is 19.0. The van der Waals surface area contributed by atoms with Crippen molar-refractivity contribution >= 4 is 17.3 Å². The van der Waals surface area contributed by atoms with E-state index >= 15 is 0 Å². The van der Waals surface area contributed by atoms with E-state index in [1.807, 2.05) is 39.8 Å². The molecule has 1 N–H and O–H groups in total. The summed E-state index contributed by atoms with van der Waals surface area (Å²) < 4.78 is 11.2. The molecule has 0 aliphatic rings. The second kappa shape index (κ2) is 10.3. The standard InChI is InChI=1S/C23H33N3O3/c1-7-26(8-2)19-10-11-20(17(3)15-19)25-22(27)18-9-12-21(24-16-18)28-13-14-29-23(4,5)6/h9-12,15-16H,7-8,13-14H2,1-6H3,(H,25,27). The first-order valence-electron chi connectivity index (χ1n) is 10.1. The Hall–Kier alpha value is -2.60. The second-order valence-electron chi connectivity index (χ2n) is 7.82. The molecule has 0 unspecified atom stereocenters. The molecule has 0 radical (unpaired) electrons. The molecule has 1 amide bonds. The van der Waals surface area contributed by atoms with Crippen LogP contribution < -0.4 is 15.0 Å². The van der Waals surface area contributed by atoms with E-state index in [1.165, 1.54) is 6.20 Å². The van der Waals surface area contributed by atoms with Gasteiger partial charge in [-0.05, 0) is 71.4 Å². The molecule has 0 atom stereocenters. The largest absolute Gasteiger partial charge is 0.475 e. The average molecular weight is 400 g/mol. The maximum atomic E-state index is 12.6. The lowest BCUT2D eigenvalue weighted by atomic mass is 10.1. The van der Waals surface area contributed by atoms with Crippen molar-refractivity contribution in [3.8, 4) is 5.88 Å². The Balaban J connectivity index is 1.94. The SMILES string of the molecule is CCN(CC)c1ccc(NC(=O)c2ccc(OCCOC(C)(C)C)nc2)c(C)c1. The van der Waals surface area contributed by atoms with Crippen LogP contribution in [-0.4, -0.2) is 42.8 Å². The molecule has 0 bridgehead atoms. The van der Waals surface area contributed by atoms with Crippen LogP contribution in [0.4, 0.5) is 11.4 Å². The van der Waals surface area contributed by atoms with E-state index in [0.717, 1.165) is 30.0 Å². The first-order chi connectivity index (χ1) is 13.7. The fourth-order valence-corrected chi connectivity index (χ4v) is 2.86. The maximum Gasteiger partial charge on any atom is 0.257 e. The smallest absolute Gasteiger partial charge is 0.257 e. The number of aromatic nitrogens is 1. The molecule has 1 heterocycles. The van der Waals surface area contributed by atoms with E-state index in [1.54, 1.807) is 12.1 Å². The van der Waals surface area contributed by atoms with Gasteiger partial charge in [0.05, 0.1) is 17.8 Å². The third kappa shape index (κ3) is 7.06. The molecule has 6 heteroatoms. The monoisotopic (exact) mass is 399 g/mol. The predicted octanol–water partition coefficient (Wildman–Crippen LogP) is 4.68. The highest BCUT2D eigenvalue weighted by molar-refractivity contribution is 6.04.